The third kappa shape index (κ3) is 2.57. The van der Waals surface area contributed by atoms with Gasteiger partial charge >= 0.3 is 0 Å². The molecular weight excluding hydrogens is 184 g/mol. The number of nitrogens with zero attached hydrogens (tertiary/aromatic N) is 1. The minimum absolute atomic E-state index is 0.411. The second-order valence-electron chi connectivity index (χ2n) is 4.65. The van der Waals surface area contributed by atoms with Crippen LogP contribution >= 0.6 is 0 Å². The van der Waals surface area contributed by atoms with Gasteiger partial charge in [0, 0.05) is 24.5 Å². The fourth-order valence-electron chi connectivity index (χ4n) is 2.20. The lowest BCUT2D eigenvalue weighted by Gasteiger charge is -2.34. The molecular formula is C13H20N2. The molecule has 1 fully saturated rings. The molecule has 0 aromatic carbocycles. The van der Waals surface area contributed by atoms with Gasteiger partial charge in [0.15, 0.2) is 0 Å². The molecule has 0 spiro atoms. The lowest BCUT2D eigenvalue weighted by atomic mass is 9.80. The van der Waals surface area contributed by atoms with E-state index in [2.05, 4.69) is 30.2 Å². The van der Waals surface area contributed by atoms with Crippen molar-refractivity contribution in [1.82, 2.24) is 10.3 Å². The summed E-state index contributed by atoms with van der Waals surface area (Å²) in [5.74, 6) is 0.893. The van der Waals surface area contributed by atoms with E-state index in [1.807, 2.05) is 18.5 Å². The fraction of sp³-hybridized carbons (Fsp3) is 0.615. The van der Waals surface area contributed by atoms with Gasteiger partial charge in [-0.3, -0.25) is 4.98 Å². The van der Waals surface area contributed by atoms with E-state index in [1.165, 1.54) is 24.8 Å². The highest BCUT2D eigenvalue weighted by Crippen LogP contribution is 2.30. The number of hydrogen-bond donors (Lipinski definition) is 1. The van der Waals surface area contributed by atoms with E-state index < -0.39 is 0 Å². The lowest BCUT2D eigenvalue weighted by molar-refractivity contribution is 0.229. The van der Waals surface area contributed by atoms with Crippen LogP contribution < -0.4 is 5.32 Å². The van der Waals surface area contributed by atoms with E-state index in [9.17, 15) is 0 Å². The van der Waals surface area contributed by atoms with Crippen LogP contribution in [0.4, 0.5) is 0 Å². The zero-order valence-electron chi connectivity index (χ0n) is 9.61. The van der Waals surface area contributed by atoms with Crippen molar-refractivity contribution in [2.24, 2.45) is 5.92 Å². The molecule has 15 heavy (non-hydrogen) atoms. The average molecular weight is 204 g/mol. The van der Waals surface area contributed by atoms with Crippen LogP contribution in [0.1, 0.15) is 44.7 Å². The fourth-order valence-corrected chi connectivity index (χ4v) is 2.20. The Morgan fingerprint density at radius 3 is 2.73 bits per heavy atom. The summed E-state index contributed by atoms with van der Waals surface area (Å²) in [6.45, 7) is 4.52. The summed E-state index contributed by atoms with van der Waals surface area (Å²) >= 11 is 0. The Morgan fingerprint density at radius 2 is 2.20 bits per heavy atom. The molecule has 2 heteroatoms. The summed E-state index contributed by atoms with van der Waals surface area (Å²) in [4.78, 5) is 4.15. The molecule has 0 amide bonds. The van der Waals surface area contributed by atoms with Crippen molar-refractivity contribution in [2.45, 2.75) is 45.2 Å². The third-order valence-corrected chi connectivity index (χ3v) is 3.55. The van der Waals surface area contributed by atoms with Gasteiger partial charge in [-0.1, -0.05) is 12.5 Å². The van der Waals surface area contributed by atoms with Crippen LogP contribution in [-0.4, -0.2) is 11.0 Å². The van der Waals surface area contributed by atoms with Gasteiger partial charge in [0.25, 0.3) is 0 Å². The predicted molar refractivity (Wildman–Crippen MR) is 62.6 cm³/mol. The molecule has 2 rings (SSSR count). The van der Waals surface area contributed by atoms with E-state index in [0.29, 0.717) is 12.1 Å². The molecule has 1 aliphatic carbocycles. The van der Waals surface area contributed by atoms with E-state index >= 15 is 0 Å². The normalized spacial score (nSPS) is 20.7. The molecule has 0 radical (unpaired) electrons. The third-order valence-electron chi connectivity index (χ3n) is 3.55. The molecule has 82 valence electrons. The summed E-state index contributed by atoms with van der Waals surface area (Å²) in [5.41, 5.74) is 1.28. The monoisotopic (exact) mass is 204 g/mol. The Labute approximate surface area is 92.1 Å². The second kappa shape index (κ2) is 4.75. The topological polar surface area (TPSA) is 24.9 Å². The number of nitrogens with one attached hydrogen (secondary N) is 1. The van der Waals surface area contributed by atoms with Crippen LogP contribution in [0.3, 0.4) is 0 Å². The van der Waals surface area contributed by atoms with E-state index in [-0.39, 0.29) is 0 Å². The van der Waals surface area contributed by atoms with Crippen molar-refractivity contribution < 1.29 is 0 Å². The SMILES string of the molecule is CC(NC(C)C1CCC1)c1cccnc1. The van der Waals surface area contributed by atoms with Crippen molar-refractivity contribution >= 4 is 0 Å². The molecule has 2 atom stereocenters. The number of pyridine rings is 1. The average Bonchev–Trinajstić information content (AvgIpc) is 2.16. The minimum Gasteiger partial charge on any atom is -0.307 e. The van der Waals surface area contributed by atoms with Crippen LogP contribution in [-0.2, 0) is 0 Å². The van der Waals surface area contributed by atoms with Gasteiger partial charge in [0.2, 0.25) is 0 Å². The van der Waals surface area contributed by atoms with Crippen molar-refractivity contribution in [3.05, 3.63) is 30.1 Å². The quantitative estimate of drug-likeness (QED) is 0.815. The highest BCUT2D eigenvalue weighted by atomic mass is 14.9. The van der Waals surface area contributed by atoms with Crippen LogP contribution in [0.25, 0.3) is 0 Å². The van der Waals surface area contributed by atoms with Gasteiger partial charge in [0.05, 0.1) is 0 Å². The molecule has 2 unspecified atom stereocenters. The van der Waals surface area contributed by atoms with Gasteiger partial charge in [-0.25, -0.2) is 0 Å². The first-order chi connectivity index (χ1) is 7.27. The van der Waals surface area contributed by atoms with Crippen LogP contribution in [0, 0.1) is 5.92 Å². The Kier molecular flexibility index (Phi) is 3.37. The molecule has 1 saturated carbocycles. The van der Waals surface area contributed by atoms with Crippen LogP contribution in [0.5, 0.6) is 0 Å². The number of aromatic nitrogens is 1. The molecule has 1 N–H and O–H groups in total. The van der Waals surface area contributed by atoms with Crippen molar-refractivity contribution in [1.29, 1.82) is 0 Å². The van der Waals surface area contributed by atoms with Gasteiger partial charge in [-0.15, -0.1) is 0 Å². The van der Waals surface area contributed by atoms with E-state index in [1.54, 1.807) is 0 Å². The lowest BCUT2D eigenvalue weighted by Crippen LogP contribution is -2.38. The first kappa shape index (κ1) is 10.6. The van der Waals surface area contributed by atoms with Gasteiger partial charge in [-0.2, -0.15) is 0 Å². The van der Waals surface area contributed by atoms with Crippen LogP contribution in [0.15, 0.2) is 24.5 Å². The van der Waals surface area contributed by atoms with E-state index in [4.69, 9.17) is 0 Å². The maximum atomic E-state index is 4.15. The Hall–Kier alpha value is -0.890. The zero-order valence-corrected chi connectivity index (χ0v) is 9.61. The second-order valence-corrected chi connectivity index (χ2v) is 4.65. The highest BCUT2D eigenvalue weighted by Gasteiger charge is 2.24. The smallest absolute Gasteiger partial charge is 0.0315 e. The predicted octanol–water partition coefficient (Wildman–Crippen LogP) is 2.92. The molecule has 1 aromatic heterocycles. The first-order valence-corrected chi connectivity index (χ1v) is 5.93. The van der Waals surface area contributed by atoms with Crippen molar-refractivity contribution in [3.8, 4) is 0 Å². The van der Waals surface area contributed by atoms with Gasteiger partial charge < -0.3 is 5.32 Å². The summed E-state index contributed by atoms with van der Waals surface area (Å²) in [7, 11) is 0. The minimum atomic E-state index is 0.411. The molecule has 0 bridgehead atoms. The summed E-state index contributed by atoms with van der Waals surface area (Å²) < 4.78 is 0. The maximum absolute atomic E-state index is 4.15. The Bertz CT molecular complexity index is 293. The van der Waals surface area contributed by atoms with Gasteiger partial charge in [-0.05, 0) is 44.2 Å². The molecule has 0 saturated heterocycles. The summed E-state index contributed by atoms with van der Waals surface area (Å²) in [5, 5.41) is 3.66. The first-order valence-electron chi connectivity index (χ1n) is 5.93. The number of hydrogen-bond acceptors (Lipinski definition) is 2. The molecule has 1 heterocycles. The molecule has 0 aliphatic heterocycles. The Balaban J connectivity index is 1.88. The molecule has 1 aliphatic rings. The van der Waals surface area contributed by atoms with Gasteiger partial charge in [0.1, 0.15) is 0 Å². The number of rotatable bonds is 4. The summed E-state index contributed by atoms with van der Waals surface area (Å²) in [6.07, 6.45) is 7.98. The van der Waals surface area contributed by atoms with E-state index in [0.717, 1.165) is 5.92 Å². The Morgan fingerprint density at radius 1 is 1.40 bits per heavy atom. The molecule has 1 aromatic rings. The van der Waals surface area contributed by atoms with Crippen LogP contribution in [0.2, 0.25) is 0 Å². The standard InChI is InChI=1S/C13H20N2/c1-10(12-5-3-6-12)15-11(2)13-7-4-8-14-9-13/h4,7-12,15H,3,5-6H2,1-2H3. The molecule has 2 nitrogen and oxygen atoms in total. The largest absolute Gasteiger partial charge is 0.307 e. The van der Waals surface area contributed by atoms with Crippen molar-refractivity contribution in [3.63, 3.8) is 0 Å². The summed E-state index contributed by atoms with van der Waals surface area (Å²) in [6, 6.07) is 5.18. The highest BCUT2D eigenvalue weighted by molar-refractivity contribution is 5.13. The van der Waals surface area contributed by atoms with Crippen molar-refractivity contribution in [2.75, 3.05) is 0 Å². The zero-order chi connectivity index (χ0) is 10.7. The maximum Gasteiger partial charge on any atom is 0.0315 e.